The van der Waals surface area contributed by atoms with E-state index in [4.69, 9.17) is 0 Å². The Labute approximate surface area is 92.8 Å². The standard InChI is InChI=1S/C13H23NO/c1-13(2)7-5-10(6-8-13)11-4-3-9-14-12(11)15/h10-11H,3-9H2,1-2H3,(H,14,15). The predicted octanol–water partition coefficient (Wildman–Crippen LogP) is 2.73. The average molecular weight is 209 g/mol. The van der Waals surface area contributed by atoms with E-state index < -0.39 is 0 Å². The first-order chi connectivity index (χ1) is 7.08. The van der Waals surface area contributed by atoms with Gasteiger partial charge < -0.3 is 5.32 Å². The van der Waals surface area contributed by atoms with Gasteiger partial charge in [0.2, 0.25) is 5.91 Å². The number of amides is 1. The predicted molar refractivity (Wildman–Crippen MR) is 61.5 cm³/mol. The maximum absolute atomic E-state index is 11.7. The Hall–Kier alpha value is -0.530. The van der Waals surface area contributed by atoms with Crippen LogP contribution in [-0.4, -0.2) is 12.5 Å². The first-order valence-corrected chi connectivity index (χ1v) is 6.36. The summed E-state index contributed by atoms with van der Waals surface area (Å²) in [5.74, 6) is 1.32. The molecule has 0 aromatic heterocycles. The molecule has 2 rings (SSSR count). The summed E-state index contributed by atoms with van der Waals surface area (Å²) in [7, 11) is 0. The van der Waals surface area contributed by atoms with E-state index in [-0.39, 0.29) is 0 Å². The molecule has 1 saturated heterocycles. The second kappa shape index (κ2) is 4.15. The summed E-state index contributed by atoms with van der Waals surface area (Å²) in [6.45, 7) is 5.60. The molecule has 0 radical (unpaired) electrons. The lowest BCUT2D eigenvalue weighted by atomic mass is 9.68. The quantitative estimate of drug-likeness (QED) is 0.707. The zero-order chi connectivity index (χ0) is 10.9. The van der Waals surface area contributed by atoms with Gasteiger partial charge in [-0.25, -0.2) is 0 Å². The van der Waals surface area contributed by atoms with E-state index in [9.17, 15) is 4.79 Å². The van der Waals surface area contributed by atoms with Crippen LogP contribution in [-0.2, 0) is 4.79 Å². The number of piperidine rings is 1. The van der Waals surface area contributed by atoms with Gasteiger partial charge in [0.15, 0.2) is 0 Å². The topological polar surface area (TPSA) is 29.1 Å². The molecule has 2 fully saturated rings. The van der Waals surface area contributed by atoms with Crippen molar-refractivity contribution in [1.82, 2.24) is 5.32 Å². The highest BCUT2D eigenvalue weighted by Gasteiger charge is 2.35. The van der Waals surface area contributed by atoms with Crippen molar-refractivity contribution in [1.29, 1.82) is 0 Å². The van der Waals surface area contributed by atoms with E-state index in [0.29, 0.717) is 23.2 Å². The van der Waals surface area contributed by atoms with Crippen molar-refractivity contribution >= 4 is 5.91 Å². The van der Waals surface area contributed by atoms with Gasteiger partial charge in [0.05, 0.1) is 0 Å². The molecule has 1 N–H and O–H groups in total. The number of nitrogens with one attached hydrogen (secondary N) is 1. The molecule has 1 amide bonds. The minimum Gasteiger partial charge on any atom is -0.356 e. The molecule has 0 aromatic carbocycles. The van der Waals surface area contributed by atoms with Crippen molar-refractivity contribution in [3.63, 3.8) is 0 Å². The van der Waals surface area contributed by atoms with Gasteiger partial charge in [-0.3, -0.25) is 4.79 Å². The van der Waals surface area contributed by atoms with E-state index in [1.165, 1.54) is 32.1 Å². The van der Waals surface area contributed by atoms with Crippen LogP contribution in [0.25, 0.3) is 0 Å². The molecule has 1 saturated carbocycles. The van der Waals surface area contributed by atoms with Crippen molar-refractivity contribution in [2.24, 2.45) is 17.3 Å². The summed E-state index contributed by atoms with van der Waals surface area (Å²) in [6, 6.07) is 0. The molecule has 86 valence electrons. The molecule has 1 aliphatic carbocycles. The molecule has 2 heteroatoms. The van der Waals surface area contributed by atoms with Crippen LogP contribution < -0.4 is 5.32 Å². The third-order valence-corrected chi connectivity index (χ3v) is 4.28. The van der Waals surface area contributed by atoms with Gasteiger partial charge in [0.25, 0.3) is 0 Å². The van der Waals surface area contributed by atoms with E-state index in [0.717, 1.165) is 13.0 Å². The average Bonchev–Trinajstić information content (AvgIpc) is 2.19. The summed E-state index contributed by atoms with van der Waals surface area (Å²) in [4.78, 5) is 11.7. The second-order valence-electron chi connectivity index (χ2n) is 6.04. The fourth-order valence-electron chi connectivity index (χ4n) is 3.07. The van der Waals surface area contributed by atoms with Crippen molar-refractivity contribution in [3.8, 4) is 0 Å². The zero-order valence-corrected chi connectivity index (χ0v) is 10.0. The molecule has 1 atom stereocenters. The molecular weight excluding hydrogens is 186 g/mol. The summed E-state index contributed by atoms with van der Waals surface area (Å²) >= 11 is 0. The Kier molecular flexibility index (Phi) is 3.03. The molecule has 15 heavy (non-hydrogen) atoms. The molecule has 1 aliphatic heterocycles. The van der Waals surface area contributed by atoms with E-state index in [1.54, 1.807) is 0 Å². The van der Waals surface area contributed by atoms with Gasteiger partial charge in [-0.15, -0.1) is 0 Å². The van der Waals surface area contributed by atoms with Crippen molar-refractivity contribution < 1.29 is 4.79 Å². The van der Waals surface area contributed by atoms with Crippen LogP contribution in [0.5, 0.6) is 0 Å². The van der Waals surface area contributed by atoms with Gasteiger partial charge in [0, 0.05) is 12.5 Å². The van der Waals surface area contributed by atoms with Crippen molar-refractivity contribution in [2.75, 3.05) is 6.54 Å². The minimum absolute atomic E-state index is 0.325. The van der Waals surface area contributed by atoms with Gasteiger partial charge in [-0.2, -0.15) is 0 Å². The van der Waals surface area contributed by atoms with Crippen LogP contribution in [0.2, 0.25) is 0 Å². The number of hydrogen-bond donors (Lipinski definition) is 1. The van der Waals surface area contributed by atoms with Crippen molar-refractivity contribution in [2.45, 2.75) is 52.4 Å². The molecule has 1 unspecified atom stereocenters. The number of hydrogen-bond acceptors (Lipinski definition) is 1. The van der Waals surface area contributed by atoms with Crippen LogP contribution >= 0.6 is 0 Å². The Bertz CT molecular complexity index is 237. The maximum Gasteiger partial charge on any atom is 0.223 e. The van der Waals surface area contributed by atoms with Crippen LogP contribution in [0.3, 0.4) is 0 Å². The molecule has 0 aromatic rings. The van der Waals surface area contributed by atoms with Gasteiger partial charge in [-0.1, -0.05) is 13.8 Å². The highest BCUT2D eigenvalue weighted by atomic mass is 16.1. The monoisotopic (exact) mass is 209 g/mol. The zero-order valence-electron chi connectivity index (χ0n) is 10.0. The summed E-state index contributed by atoms with van der Waals surface area (Å²) in [5.41, 5.74) is 0.516. The molecule has 2 nitrogen and oxygen atoms in total. The Balaban J connectivity index is 1.92. The Morgan fingerprint density at radius 2 is 1.87 bits per heavy atom. The lowest BCUT2D eigenvalue weighted by Gasteiger charge is -2.38. The first kappa shape index (κ1) is 11.0. The number of carbonyl (C=O) groups is 1. The smallest absolute Gasteiger partial charge is 0.223 e. The fraction of sp³-hybridized carbons (Fsp3) is 0.923. The fourth-order valence-corrected chi connectivity index (χ4v) is 3.07. The lowest BCUT2D eigenvalue weighted by Crippen LogP contribution is -2.41. The molecule has 0 bridgehead atoms. The van der Waals surface area contributed by atoms with Crippen LogP contribution in [0.1, 0.15) is 52.4 Å². The molecule has 1 heterocycles. The summed E-state index contributed by atoms with van der Waals surface area (Å²) in [6.07, 6.45) is 7.40. The van der Waals surface area contributed by atoms with Gasteiger partial charge >= 0.3 is 0 Å². The Morgan fingerprint density at radius 1 is 1.20 bits per heavy atom. The SMILES string of the molecule is CC1(C)CCC(C2CCCNC2=O)CC1. The third-order valence-electron chi connectivity index (χ3n) is 4.28. The van der Waals surface area contributed by atoms with Gasteiger partial charge in [-0.05, 0) is 49.9 Å². The number of rotatable bonds is 1. The Morgan fingerprint density at radius 3 is 2.47 bits per heavy atom. The van der Waals surface area contributed by atoms with E-state index in [1.807, 2.05) is 0 Å². The largest absolute Gasteiger partial charge is 0.356 e. The van der Waals surface area contributed by atoms with Crippen LogP contribution in [0, 0.1) is 17.3 Å². The van der Waals surface area contributed by atoms with Crippen LogP contribution in [0.4, 0.5) is 0 Å². The molecular formula is C13H23NO. The van der Waals surface area contributed by atoms with E-state index in [2.05, 4.69) is 19.2 Å². The van der Waals surface area contributed by atoms with E-state index >= 15 is 0 Å². The second-order valence-corrected chi connectivity index (χ2v) is 6.04. The summed E-state index contributed by atoms with van der Waals surface area (Å²) < 4.78 is 0. The molecule has 2 aliphatic rings. The minimum atomic E-state index is 0.325. The summed E-state index contributed by atoms with van der Waals surface area (Å²) in [5, 5.41) is 3.01. The van der Waals surface area contributed by atoms with Gasteiger partial charge in [0.1, 0.15) is 0 Å². The maximum atomic E-state index is 11.7. The van der Waals surface area contributed by atoms with Crippen LogP contribution in [0.15, 0.2) is 0 Å². The lowest BCUT2D eigenvalue weighted by molar-refractivity contribution is -0.129. The molecule has 0 spiro atoms. The highest BCUT2D eigenvalue weighted by molar-refractivity contribution is 5.79. The number of carbonyl (C=O) groups excluding carboxylic acids is 1. The first-order valence-electron chi connectivity index (χ1n) is 6.36. The third kappa shape index (κ3) is 2.53. The highest BCUT2D eigenvalue weighted by Crippen LogP contribution is 2.42. The normalized spacial score (nSPS) is 32.4. The van der Waals surface area contributed by atoms with Crippen molar-refractivity contribution in [3.05, 3.63) is 0 Å².